The number of amidine groups is 1. The number of fused-ring (bicyclic) bond motifs is 12. The fourth-order valence-electron chi connectivity index (χ4n) is 10.2. The molecule has 2 aromatic heterocycles. The minimum atomic E-state index is -0.158. The molecule has 0 bridgehead atoms. The number of nitrogens with zero attached hydrogens (tertiary/aromatic N) is 3. The molecule has 0 spiro atoms. The van der Waals surface area contributed by atoms with Gasteiger partial charge < -0.3 is 13.9 Å². The number of allylic oxidation sites excluding steroid dienone is 1. The first-order valence-corrected chi connectivity index (χ1v) is 20.0. The van der Waals surface area contributed by atoms with E-state index in [0.29, 0.717) is 0 Å². The molecule has 1 aliphatic heterocycles. The van der Waals surface area contributed by atoms with E-state index in [2.05, 4.69) is 174 Å². The van der Waals surface area contributed by atoms with E-state index in [1.54, 1.807) is 0 Å². The molecule has 12 rings (SSSR count). The average molecular weight is 722 g/mol. The number of likely N-dealkylation sites (N-methyl/N-ethyl adjacent to an activating group) is 1. The van der Waals surface area contributed by atoms with Crippen LogP contribution >= 0.6 is 0 Å². The number of hydrogen-bond donors (Lipinski definition) is 0. The first kappa shape index (κ1) is 31.7. The van der Waals surface area contributed by atoms with E-state index in [4.69, 9.17) is 9.41 Å². The van der Waals surface area contributed by atoms with Gasteiger partial charge in [0.15, 0.2) is 5.76 Å². The molecule has 2 atom stereocenters. The van der Waals surface area contributed by atoms with Crippen molar-refractivity contribution in [2.45, 2.75) is 37.6 Å². The molecule has 4 heteroatoms. The second-order valence-electron chi connectivity index (χ2n) is 15.7. The number of para-hydroxylation sites is 2. The van der Waals surface area contributed by atoms with E-state index in [9.17, 15) is 0 Å². The molecular weight excluding hydrogens is 683 g/mol. The van der Waals surface area contributed by atoms with Crippen LogP contribution in [0.4, 0.5) is 5.69 Å². The van der Waals surface area contributed by atoms with Gasteiger partial charge in [-0.05, 0) is 118 Å². The number of rotatable bonds is 3. The summed E-state index contributed by atoms with van der Waals surface area (Å²) in [6.07, 6.45) is 8.65. The van der Waals surface area contributed by atoms with Crippen molar-refractivity contribution in [3.05, 3.63) is 185 Å². The third kappa shape index (κ3) is 4.62. The predicted octanol–water partition coefficient (Wildman–Crippen LogP) is 13.1. The number of benzene rings is 7. The number of aryl methyl sites for hydroxylation is 1. The van der Waals surface area contributed by atoms with E-state index in [1.807, 2.05) is 0 Å². The molecule has 4 nitrogen and oxygen atoms in total. The van der Waals surface area contributed by atoms with Crippen molar-refractivity contribution in [3.63, 3.8) is 0 Å². The minimum Gasteiger partial charge on any atom is -0.456 e. The lowest BCUT2D eigenvalue weighted by atomic mass is 9.85. The van der Waals surface area contributed by atoms with Crippen LogP contribution < -0.4 is 0 Å². The fourth-order valence-corrected chi connectivity index (χ4v) is 10.2. The van der Waals surface area contributed by atoms with Gasteiger partial charge in [0.1, 0.15) is 23.1 Å². The van der Waals surface area contributed by atoms with Gasteiger partial charge in [-0.3, -0.25) is 0 Å². The summed E-state index contributed by atoms with van der Waals surface area (Å²) in [7, 11) is 2.24. The summed E-state index contributed by atoms with van der Waals surface area (Å²) in [6, 6.07) is 53.4. The second kappa shape index (κ2) is 12.2. The Kier molecular flexibility index (Phi) is 6.89. The van der Waals surface area contributed by atoms with E-state index < -0.39 is 0 Å². The topological polar surface area (TPSA) is 33.7 Å². The maximum atomic E-state index is 6.84. The summed E-state index contributed by atoms with van der Waals surface area (Å²) in [4.78, 5) is 8.09. The lowest BCUT2D eigenvalue weighted by Gasteiger charge is -2.37. The molecule has 0 radical (unpaired) electrons. The zero-order valence-electron chi connectivity index (χ0n) is 31.2. The second-order valence-corrected chi connectivity index (χ2v) is 15.7. The molecule has 0 N–H and O–H groups in total. The average Bonchev–Trinajstić information content (AvgIpc) is 3.73. The summed E-state index contributed by atoms with van der Waals surface area (Å²) in [5, 5.41) is 7.47. The Morgan fingerprint density at radius 1 is 0.679 bits per heavy atom. The molecule has 0 fully saturated rings. The Bertz CT molecular complexity index is 3120. The van der Waals surface area contributed by atoms with Crippen molar-refractivity contribution in [2.75, 3.05) is 7.05 Å². The first-order valence-electron chi connectivity index (χ1n) is 20.0. The first-order chi connectivity index (χ1) is 27.7. The SMILES string of the molecule is CN1C(C2CCc3cc4ccccc4cc3-c3c2ccc2ccccc32)=Nc2c(oc3ccccc23)C1c1ccc2c(c1)c1c(n2-c2ccccc2)CCC=C1. The van der Waals surface area contributed by atoms with Crippen LogP contribution in [0.3, 0.4) is 0 Å². The Balaban J connectivity index is 1.07. The maximum Gasteiger partial charge on any atom is 0.157 e. The third-order valence-electron chi connectivity index (χ3n) is 12.7. The van der Waals surface area contributed by atoms with Crippen LogP contribution in [0.2, 0.25) is 0 Å². The quantitative estimate of drug-likeness (QED) is 0.182. The van der Waals surface area contributed by atoms with Crippen molar-refractivity contribution in [3.8, 4) is 16.8 Å². The molecule has 9 aromatic rings. The minimum absolute atomic E-state index is 0.0676. The predicted molar refractivity (Wildman–Crippen MR) is 231 cm³/mol. The highest BCUT2D eigenvalue weighted by molar-refractivity contribution is 6.06. The Morgan fingerprint density at radius 2 is 1.45 bits per heavy atom. The van der Waals surface area contributed by atoms with Gasteiger partial charge in [0, 0.05) is 40.7 Å². The molecule has 56 heavy (non-hydrogen) atoms. The largest absolute Gasteiger partial charge is 0.456 e. The van der Waals surface area contributed by atoms with Crippen molar-refractivity contribution >= 4 is 61.0 Å². The molecular formula is C52H39N3O. The van der Waals surface area contributed by atoms with Gasteiger partial charge in [0.25, 0.3) is 0 Å². The van der Waals surface area contributed by atoms with Crippen LogP contribution in [0.5, 0.6) is 0 Å². The number of furan rings is 1. The molecule has 0 saturated heterocycles. The normalized spacial score (nSPS) is 17.4. The number of hydrogen-bond acceptors (Lipinski definition) is 3. The van der Waals surface area contributed by atoms with Crippen molar-refractivity contribution < 1.29 is 4.42 Å². The summed E-state index contributed by atoms with van der Waals surface area (Å²) in [5.41, 5.74) is 13.6. The monoisotopic (exact) mass is 721 g/mol. The highest BCUT2D eigenvalue weighted by atomic mass is 16.3. The van der Waals surface area contributed by atoms with Crippen molar-refractivity contribution in [1.29, 1.82) is 0 Å². The lowest BCUT2D eigenvalue weighted by molar-refractivity contribution is 0.349. The van der Waals surface area contributed by atoms with Gasteiger partial charge in [0.05, 0.1) is 5.52 Å². The van der Waals surface area contributed by atoms with Crippen molar-refractivity contribution in [1.82, 2.24) is 9.47 Å². The van der Waals surface area contributed by atoms with Gasteiger partial charge >= 0.3 is 0 Å². The summed E-state index contributed by atoms with van der Waals surface area (Å²) >= 11 is 0. The van der Waals surface area contributed by atoms with Crippen LogP contribution in [0.25, 0.3) is 66.3 Å². The Morgan fingerprint density at radius 3 is 2.32 bits per heavy atom. The van der Waals surface area contributed by atoms with E-state index in [0.717, 1.165) is 53.9 Å². The van der Waals surface area contributed by atoms with Gasteiger partial charge in [-0.15, -0.1) is 0 Å². The van der Waals surface area contributed by atoms with Gasteiger partial charge in [-0.1, -0.05) is 115 Å². The van der Waals surface area contributed by atoms with Crippen LogP contribution in [-0.2, 0) is 12.8 Å². The van der Waals surface area contributed by atoms with Gasteiger partial charge in [0.2, 0.25) is 0 Å². The van der Waals surface area contributed by atoms with Crippen LogP contribution in [0, 0.1) is 0 Å². The molecule has 0 amide bonds. The van der Waals surface area contributed by atoms with E-state index >= 15 is 0 Å². The van der Waals surface area contributed by atoms with Crippen LogP contribution in [-0.4, -0.2) is 22.4 Å². The highest BCUT2D eigenvalue weighted by Crippen LogP contribution is 2.50. The molecule has 3 heterocycles. The van der Waals surface area contributed by atoms with Crippen LogP contribution in [0.1, 0.15) is 58.5 Å². The molecule has 2 unspecified atom stereocenters. The van der Waals surface area contributed by atoms with Gasteiger partial charge in [-0.2, -0.15) is 0 Å². The fraction of sp³-hybridized carbons (Fsp3) is 0.135. The van der Waals surface area contributed by atoms with Crippen LogP contribution in [0.15, 0.2) is 161 Å². The summed E-state index contributed by atoms with van der Waals surface area (Å²) in [5.74, 6) is 2.07. The van der Waals surface area contributed by atoms with E-state index in [1.165, 1.54) is 77.2 Å². The summed E-state index contributed by atoms with van der Waals surface area (Å²) in [6.45, 7) is 0. The standard InChI is InChI=1S/C52H39N3O/c1-54-50(36-25-28-46-44(31-36)39-19-9-11-21-45(39)55(46)37-16-3-2-4-17-37)51-49(42-20-10-12-22-47(42)56-51)53-52(54)41-27-24-35-29-33-14-5-6-15-34(33)30-43(35)48-38-18-8-7-13-32(38)23-26-40(41)48/h2-10,12-20,22-23,25-26,28-31,41,50H,11,21,24,27H2,1H3. The smallest absolute Gasteiger partial charge is 0.157 e. The van der Waals surface area contributed by atoms with Gasteiger partial charge in [-0.25, -0.2) is 4.99 Å². The molecule has 268 valence electrons. The highest BCUT2D eigenvalue weighted by Gasteiger charge is 2.39. The zero-order valence-corrected chi connectivity index (χ0v) is 31.2. The van der Waals surface area contributed by atoms with Crippen molar-refractivity contribution in [2.24, 2.45) is 4.99 Å². The number of aromatic nitrogens is 1. The molecule has 2 aliphatic carbocycles. The lowest BCUT2D eigenvalue weighted by Crippen LogP contribution is -2.38. The van der Waals surface area contributed by atoms with E-state index in [-0.39, 0.29) is 12.0 Å². The Labute approximate surface area is 325 Å². The zero-order chi connectivity index (χ0) is 36.9. The molecule has 7 aromatic carbocycles. The third-order valence-corrected chi connectivity index (χ3v) is 12.7. The summed E-state index contributed by atoms with van der Waals surface area (Å²) < 4.78 is 9.31. The maximum absolute atomic E-state index is 6.84. The molecule has 0 saturated carbocycles. The molecule has 3 aliphatic rings. The Hall–Kier alpha value is -6.65. The number of aliphatic imine (C=N–C) groups is 1.